The highest BCUT2D eigenvalue weighted by Crippen LogP contribution is 2.30. The van der Waals surface area contributed by atoms with Crippen molar-refractivity contribution in [3.05, 3.63) is 45.7 Å². The number of fused-ring (bicyclic) bond motifs is 1. The van der Waals surface area contributed by atoms with Crippen LogP contribution in [0.3, 0.4) is 0 Å². The van der Waals surface area contributed by atoms with E-state index in [1.807, 2.05) is 12.4 Å². The molecule has 1 atom stereocenters. The number of imidazole rings is 1. The predicted octanol–water partition coefficient (Wildman–Crippen LogP) is 3.50. The highest BCUT2D eigenvalue weighted by atomic mass is 32.1. The zero-order chi connectivity index (χ0) is 12.5. The summed E-state index contributed by atoms with van der Waals surface area (Å²) in [7, 11) is 0. The Kier molecular flexibility index (Phi) is 3.04. The number of aromatic amines is 2. The van der Waals surface area contributed by atoms with Gasteiger partial charge in [0.05, 0.1) is 0 Å². The van der Waals surface area contributed by atoms with Crippen molar-refractivity contribution in [1.82, 2.24) is 15.0 Å². The summed E-state index contributed by atoms with van der Waals surface area (Å²) in [5.74, 6) is 0.341. The predicted molar refractivity (Wildman–Crippen MR) is 74.4 cm³/mol. The number of hydrogen-bond acceptors (Lipinski definition) is 2. The Morgan fingerprint density at radius 2 is 2.17 bits per heavy atom. The highest BCUT2D eigenvalue weighted by molar-refractivity contribution is 7.71. The number of aryl methyl sites for hydroxylation is 1. The van der Waals surface area contributed by atoms with E-state index in [1.165, 1.54) is 29.7 Å². The number of H-pyrrole nitrogens is 2. The van der Waals surface area contributed by atoms with Crippen molar-refractivity contribution in [2.24, 2.45) is 0 Å². The van der Waals surface area contributed by atoms with E-state index in [4.69, 9.17) is 12.2 Å². The number of pyridine rings is 1. The van der Waals surface area contributed by atoms with Crippen LogP contribution in [0.5, 0.6) is 0 Å². The fourth-order valence-corrected chi connectivity index (χ4v) is 2.98. The van der Waals surface area contributed by atoms with E-state index in [1.54, 1.807) is 0 Å². The Balaban J connectivity index is 2.04. The van der Waals surface area contributed by atoms with Crippen molar-refractivity contribution >= 4 is 12.2 Å². The summed E-state index contributed by atoms with van der Waals surface area (Å²) in [5, 5.41) is 0. The molecule has 0 spiro atoms. The summed E-state index contributed by atoms with van der Waals surface area (Å²) in [6.45, 7) is 2.22. The van der Waals surface area contributed by atoms with Crippen LogP contribution in [0.25, 0.3) is 0 Å². The van der Waals surface area contributed by atoms with Gasteiger partial charge in [-0.1, -0.05) is 6.92 Å². The summed E-state index contributed by atoms with van der Waals surface area (Å²) in [5.41, 5.74) is 5.29. The minimum atomic E-state index is 0.341. The van der Waals surface area contributed by atoms with E-state index in [0.717, 1.165) is 18.5 Å². The first kappa shape index (κ1) is 11.7. The van der Waals surface area contributed by atoms with E-state index in [-0.39, 0.29) is 0 Å². The SMILES string of the molecule is CC(c1c[nH]c(=S)[nH]1)c1ccnc2c1CCCC2. The molecule has 3 nitrogen and oxygen atoms in total. The van der Waals surface area contributed by atoms with E-state index < -0.39 is 0 Å². The number of nitrogens with one attached hydrogen (secondary N) is 2. The molecule has 0 amide bonds. The summed E-state index contributed by atoms with van der Waals surface area (Å²) >= 11 is 5.10. The maximum absolute atomic E-state index is 5.10. The lowest BCUT2D eigenvalue weighted by molar-refractivity contribution is 0.655. The first-order valence-electron chi connectivity index (χ1n) is 6.50. The first-order chi connectivity index (χ1) is 8.75. The fourth-order valence-electron chi connectivity index (χ4n) is 2.80. The molecule has 0 radical (unpaired) electrons. The zero-order valence-corrected chi connectivity index (χ0v) is 11.3. The van der Waals surface area contributed by atoms with Gasteiger partial charge in [-0.15, -0.1) is 0 Å². The van der Waals surface area contributed by atoms with Gasteiger partial charge in [0.2, 0.25) is 0 Å². The molecule has 2 aromatic rings. The third-order valence-corrected chi connectivity index (χ3v) is 4.04. The van der Waals surface area contributed by atoms with Crippen LogP contribution in [0.1, 0.15) is 48.2 Å². The van der Waals surface area contributed by atoms with Gasteiger partial charge in [0.15, 0.2) is 4.77 Å². The van der Waals surface area contributed by atoms with Gasteiger partial charge in [-0.3, -0.25) is 4.98 Å². The number of rotatable bonds is 2. The largest absolute Gasteiger partial charge is 0.337 e. The number of aromatic nitrogens is 3. The quantitative estimate of drug-likeness (QED) is 0.811. The third-order valence-electron chi connectivity index (χ3n) is 3.82. The molecule has 2 aromatic heterocycles. The Morgan fingerprint density at radius 1 is 1.33 bits per heavy atom. The Bertz CT molecular complexity index is 611. The molecule has 2 N–H and O–H groups in total. The van der Waals surface area contributed by atoms with Crippen molar-refractivity contribution in [3.8, 4) is 0 Å². The van der Waals surface area contributed by atoms with E-state index in [0.29, 0.717) is 10.7 Å². The normalized spacial score (nSPS) is 16.3. The van der Waals surface area contributed by atoms with Crippen LogP contribution in [-0.4, -0.2) is 15.0 Å². The molecule has 2 heterocycles. The maximum Gasteiger partial charge on any atom is 0.174 e. The van der Waals surface area contributed by atoms with E-state index >= 15 is 0 Å². The Morgan fingerprint density at radius 3 is 2.94 bits per heavy atom. The molecule has 3 rings (SSSR count). The van der Waals surface area contributed by atoms with Crippen molar-refractivity contribution in [3.63, 3.8) is 0 Å². The number of hydrogen-bond donors (Lipinski definition) is 2. The van der Waals surface area contributed by atoms with Crippen LogP contribution in [-0.2, 0) is 12.8 Å². The van der Waals surface area contributed by atoms with Gasteiger partial charge in [0.25, 0.3) is 0 Å². The molecule has 1 aliphatic carbocycles. The van der Waals surface area contributed by atoms with Gasteiger partial charge in [0, 0.05) is 29.7 Å². The summed E-state index contributed by atoms with van der Waals surface area (Å²) in [6.07, 6.45) is 8.75. The lowest BCUT2D eigenvalue weighted by Gasteiger charge is -2.21. The molecule has 1 unspecified atom stereocenters. The standard InChI is InChI=1S/C14H17N3S/c1-9(13-8-16-14(18)17-13)10-6-7-15-12-5-3-2-4-11(10)12/h6-9H,2-5H2,1H3,(H2,16,17,18). The highest BCUT2D eigenvalue weighted by Gasteiger charge is 2.19. The molecule has 18 heavy (non-hydrogen) atoms. The van der Waals surface area contributed by atoms with Crippen molar-refractivity contribution in [2.45, 2.75) is 38.5 Å². The number of nitrogens with zero attached hydrogens (tertiary/aromatic N) is 1. The average molecular weight is 259 g/mol. The van der Waals surface area contributed by atoms with Crippen molar-refractivity contribution in [1.29, 1.82) is 0 Å². The Hall–Kier alpha value is -1.42. The van der Waals surface area contributed by atoms with Gasteiger partial charge in [-0.05, 0) is 55.1 Å². The van der Waals surface area contributed by atoms with Crippen molar-refractivity contribution in [2.75, 3.05) is 0 Å². The topological polar surface area (TPSA) is 44.5 Å². The van der Waals surface area contributed by atoms with Crippen LogP contribution >= 0.6 is 12.2 Å². The molecule has 4 heteroatoms. The summed E-state index contributed by atoms with van der Waals surface area (Å²) in [6, 6.07) is 2.15. The lowest BCUT2D eigenvalue weighted by Crippen LogP contribution is -2.11. The Labute approximate surface area is 112 Å². The minimum Gasteiger partial charge on any atom is -0.337 e. The molecule has 0 saturated carbocycles. The smallest absolute Gasteiger partial charge is 0.174 e. The summed E-state index contributed by atoms with van der Waals surface area (Å²) in [4.78, 5) is 10.8. The molecule has 0 saturated heterocycles. The van der Waals surface area contributed by atoms with Crippen molar-refractivity contribution < 1.29 is 0 Å². The second-order valence-electron chi connectivity index (χ2n) is 4.95. The maximum atomic E-state index is 5.10. The second kappa shape index (κ2) is 4.69. The minimum absolute atomic E-state index is 0.341. The first-order valence-corrected chi connectivity index (χ1v) is 6.91. The van der Waals surface area contributed by atoms with Gasteiger partial charge in [-0.25, -0.2) is 0 Å². The molecular formula is C14H17N3S. The second-order valence-corrected chi connectivity index (χ2v) is 5.36. The van der Waals surface area contributed by atoms with Gasteiger partial charge in [-0.2, -0.15) is 0 Å². The van der Waals surface area contributed by atoms with Crippen LogP contribution < -0.4 is 0 Å². The van der Waals surface area contributed by atoms with Crippen LogP contribution in [0.15, 0.2) is 18.5 Å². The molecule has 94 valence electrons. The lowest BCUT2D eigenvalue weighted by atomic mass is 9.86. The average Bonchev–Trinajstić information content (AvgIpc) is 2.84. The van der Waals surface area contributed by atoms with Crippen LogP contribution in [0, 0.1) is 4.77 Å². The molecule has 1 aliphatic rings. The van der Waals surface area contributed by atoms with Crippen LogP contribution in [0.4, 0.5) is 0 Å². The zero-order valence-electron chi connectivity index (χ0n) is 10.5. The molecule has 0 fully saturated rings. The molecule has 0 bridgehead atoms. The molecular weight excluding hydrogens is 242 g/mol. The molecule has 0 aliphatic heterocycles. The summed E-state index contributed by atoms with van der Waals surface area (Å²) < 4.78 is 0.694. The van der Waals surface area contributed by atoms with Gasteiger partial charge >= 0.3 is 0 Å². The van der Waals surface area contributed by atoms with Gasteiger partial charge in [0.1, 0.15) is 0 Å². The fraction of sp³-hybridized carbons (Fsp3) is 0.429. The van der Waals surface area contributed by atoms with E-state index in [9.17, 15) is 0 Å². The van der Waals surface area contributed by atoms with E-state index in [2.05, 4.69) is 27.9 Å². The molecule has 0 aromatic carbocycles. The third kappa shape index (κ3) is 2.01. The monoisotopic (exact) mass is 259 g/mol. The van der Waals surface area contributed by atoms with Gasteiger partial charge < -0.3 is 9.97 Å². The van der Waals surface area contributed by atoms with Crippen LogP contribution in [0.2, 0.25) is 0 Å².